The molecule has 0 atom stereocenters. The van der Waals surface area contributed by atoms with Gasteiger partial charge in [-0.3, -0.25) is 9.36 Å². The lowest BCUT2D eigenvalue weighted by atomic mass is 10.0. The van der Waals surface area contributed by atoms with E-state index in [9.17, 15) is 14.4 Å². The molecule has 0 aliphatic heterocycles. The van der Waals surface area contributed by atoms with Gasteiger partial charge in [0.2, 0.25) is 0 Å². The first-order valence-electron chi connectivity index (χ1n) is 7.31. The smallest absolute Gasteiger partial charge is 0.418 e. The van der Waals surface area contributed by atoms with Crippen molar-refractivity contribution in [1.82, 2.24) is 4.57 Å². The summed E-state index contributed by atoms with van der Waals surface area (Å²) in [6.07, 6.45) is 1.86. The molecule has 0 N–H and O–H groups in total. The van der Waals surface area contributed by atoms with Crippen LogP contribution >= 0.6 is 15.9 Å². The summed E-state index contributed by atoms with van der Waals surface area (Å²) in [5.41, 5.74) is 0.0647. The molecule has 128 valence electrons. The molecule has 7 heteroatoms. The molecule has 0 aromatic carbocycles. The quantitative estimate of drug-likeness (QED) is 0.438. The maximum Gasteiger partial charge on any atom is 0.418 e. The average Bonchev–Trinajstić information content (AvgIpc) is 2.84. The molecule has 0 aliphatic rings. The Bertz CT molecular complexity index is 613. The van der Waals surface area contributed by atoms with Crippen molar-refractivity contribution in [2.75, 3.05) is 12.4 Å². The van der Waals surface area contributed by atoms with E-state index in [0.717, 1.165) is 0 Å². The monoisotopic (exact) mass is 387 g/mol. The van der Waals surface area contributed by atoms with Gasteiger partial charge in [0.1, 0.15) is 5.60 Å². The number of aromatic nitrogens is 1. The predicted octanol–water partition coefficient (Wildman–Crippen LogP) is 3.59. The molecule has 0 saturated heterocycles. The zero-order chi connectivity index (χ0) is 17.8. The Kier molecular flexibility index (Phi) is 6.56. The van der Waals surface area contributed by atoms with Gasteiger partial charge in [-0.15, -0.1) is 0 Å². The number of hydrogen-bond acceptors (Lipinski definition) is 5. The lowest BCUT2D eigenvalue weighted by molar-refractivity contribution is 0.0533. The van der Waals surface area contributed by atoms with E-state index in [1.54, 1.807) is 20.8 Å². The number of ether oxygens (including phenoxy) is 2. The van der Waals surface area contributed by atoms with Crippen LogP contribution in [0.5, 0.6) is 0 Å². The summed E-state index contributed by atoms with van der Waals surface area (Å²) < 4.78 is 11.3. The van der Waals surface area contributed by atoms with Crippen LogP contribution in [0.1, 0.15) is 60.5 Å². The number of carbonyl (C=O) groups excluding carboxylic acids is 3. The largest absolute Gasteiger partial charge is 0.465 e. The topological polar surface area (TPSA) is 74.6 Å². The van der Waals surface area contributed by atoms with E-state index in [0.29, 0.717) is 18.5 Å². The summed E-state index contributed by atoms with van der Waals surface area (Å²) in [6, 6.07) is 0. The first kappa shape index (κ1) is 19.4. The average molecular weight is 388 g/mol. The standard InChI is InChI=1S/C16H22BrNO5/c1-6-7-11-13(12(19)8-17)10(14(20)22-5)9-18(11)15(21)23-16(2,3)4/h9H,6-8H2,1-5H3. The molecule has 0 fully saturated rings. The minimum absolute atomic E-state index is 0.0477. The van der Waals surface area contributed by atoms with E-state index >= 15 is 0 Å². The van der Waals surface area contributed by atoms with Gasteiger partial charge in [0.25, 0.3) is 0 Å². The molecule has 1 rings (SSSR count). The first-order chi connectivity index (χ1) is 10.7. The maximum atomic E-state index is 12.4. The second-order valence-corrected chi connectivity index (χ2v) is 6.57. The van der Waals surface area contributed by atoms with Gasteiger partial charge in [0, 0.05) is 11.9 Å². The number of rotatable bonds is 5. The molecule has 23 heavy (non-hydrogen) atoms. The lowest BCUT2D eigenvalue weighted by Crippen LogP contribution is -2.28. The Balaban J connectivity index is 3.51. The summed E-state index contributed by atoms with van der Waals surface area (Å²) in [5.74, 6) is -0.940. The van der Waals surface area contributed by atoms with Crippen LogP contribution in [0.25, 0.3) is 0 Å². The molecule has 0 spiro atoms. The van der Waals surface area contributed by atoms with E-state index in [-0.39, 0.29) is 22.2 Å². The normalized spacial score (nSPS) is 11.2. The van der Waals surface area contributed by atoms with Crippen LogP contribution in [0, 0.1) is 0 Å². The second-order valence-electron chi connectivity index (χ2n) is 6.01. The van der Waals surface area contributed by atoms with Crippen LogP contribution in [-0.4, -0.2) is 40.5 Å². The molecule has 0 radical (unpaired) electrons. The zero-order valence-electron chi connectivity index (χ0n) is 14.1. The Morgan fingerprint density at radius 2 is 1.87 bits per heavy atom. The van der Waals surface area contributed by atoms with Crippen molar-refractivity contribution in [2.45, 2.75) is 46.1 Å². The minimum atomic E-state index is -0.685. The number of nitrogens with zero attached hydrogens (tertiary/aromatic N) is 1. The molecular weight excluding hydrogens is 366 g/mol. The van der Waals surface area contributed by atoms with E-state index in [4.69, 9.17) is 9.47 Å². The molecule has 0 saturated carbocycles. The fourth-order valence-corrected chi connectivity index (χ4v) is 2.43. The van der Waals surface area contributed by atoms with Crippen molar-refractivity contribution in [1.29, 1.82) is 0 Å². The van der Waals surface area contributed by atoms with Crippen LogP contribution in [0.15, 0.2) is 6.20 Å². The number of halogens is 1. The third-order valence-corrected chi connectivity index (χ3v) is 3.50. The Morgan fingerprint density at radius 3 is 2.30 bits per heavy atom. The number of hydrogen-bond donors (Lipinski definition) is 0. The number of ketones is 1. The van der Waals surface area contributed by atoms with Gasteiger partial charge >= 0.3 is 12.1 Å². The van der Waals surface area contributed by atoms with Crippen molar-refractivity contribution < 1.29 is 23.9 Å². The SMILES string of the molecule is CCCc1c(C(=O)CBr)c(C(=O)OC)cn1C(=O)OC(C)(C)C. The van der Waals surface area contributed by atoms with Gasteiger partial charge in [-0.2, -0.15) is 0 Å². The molecule has 1 heterocycles. The van der Waals surface area contributed by atoms with Crippen LogP contribution in [0.2, 0.25) is 0 Å². The molecule has 1 aromatic rings. The van der Waals surface area contributed by atoms with Crippen LogP contribution in [0.4, 0.5) is 4.79 Å². The van der Waals surface area contributed by atoms with Gasteiger partial charge in [-0.25, -0.2) is 9.59 Å². The summed E-state index contributed by atoms with van der Waals surface area (Å²) in [6.45, 7) is 7.17. The van der Waals surface area contributed by atoms with Crippen molar-refractivity contribution in [3.05, 3.63) is 23.0 Å². The Morgan fingerprint density at radius 1 is 1.26 bits per heavy atom. The van der Waals surface area contributed by atoms with E-state index in [1.165, 1.54) is 17.9 Å². The zero-order valence-corrected chi connectivity index (χ0v) is 15.7. The van der Waals surface area contributed by atoms with E-state index in [1.807, 2.05) is 6.92 Å². The third kappa shape index (κ3) is 4.67. The van der Waals surface area contributed by atoms with Gasteiger partial charge in [-0.05, 0) is 27.2 Å². The van der Waals surface area contributed by atoms with Crippen molar-refractivity contribution in [3.8, 4) is 0 Å². The van der Waals surface area contributed by atoms with Crippen molar-refractivity contribution >= 4 is 33.8 Å². The molecule has 0 amide bonds. The van der Waals surface area contributed by atoms with E-state index < -0.39 is 17.7 Å². The van der Waals surface area contributed by atoms with Gasteiger partial charge in [-0.1, -0.05) is 29.3 Å². The third-order valence-electron chi connectivity index (χ3n) is 2.99. The highest BCUT2D eigenvalue weighted by Crippen LogP contribution is 2.23. The fourth-order valence-electron chi connectivity index (χ4n) is 2.15. The lowest BCUT2D eigenvalue weighted by Gasteiger charge is -2.20. The summed E-state index contributed by atoms with van der Waals surface area (Å²) >= 11 is 3.11. The molecule has 0 aliphatic carbocycles. The number of alkyl halides is 1. The number of methoxy groups -OCH3 is 1. The number of Topliss-reactive ketones (excluding diaryl/α,β-unsaturated/α-hetero) is 1. The molecule has 6 nitrogen and oxygen atoms in total. The summed E-state index contributed by atoms with van der Waals surface area (Å²) in [4.78, 5) is 36.6. The van der Waals surface area contributed by atoms with Crippen molar-refractivity contribution in [3.63, 3.8) is 0 Å². The minimum Gasteiger partial charge on any atom is -0.465 e. The first-order valence-corrected chi connectivity index (χ1v) is 8.43. The molecular formula is C16H22BrNO5. The predicted molar refractivity (Wildman–Crippen MR) is 89.5 cm³/mol. The summed E-state index contributed by atoms with van der Waals surface area (Å²) in [7, 11) is 1.23. The maximum absolute atomic E-state index is 12.4. The van der Waals surface area contributed by atoms with Gasteiger partial charge in [0.05, 0.1) is 23.6 Å². The fraction of sp³-hybridized carbons (Fsp3) is 0.562. The van der Waals surface area contributed by atoms with Crippen LogP contribution in [-0.2, 0) is 15.9 Å². The van der Waals surface area contributed by atoms with Crippen molar-refractivity contribution in [2.24, 2.45) is 0 Å². The second kappa shape index (κ2) is 7.77. The summed E-state index contributed by atoms with van der Waals surface area (Å²) in [5, 5.41) is 0.0477. The molecule has 1 aromatic heterocycles. The highest BCUT2D eigenvalue weighted by atomic mass is 79.9. The highest BCUT2D eigenvalue weighted by Gasteiger charge is 2.29. The van der Waals surface area contributed by atoms with Gasteiger partial charge in [0.15, 0.2) is 5.78 Å². The molecule has 0 unspecified atom stereocenters. The van der Waals surface area contributed by atoms with Crippen LogP contribution in [0.3, 0.4) is 0 Å². The number of carbonyl (C=O) groups is 3. The molecule has 0 bridgehead atoms. The number of esters is 1. The Hall–Kier alpha value is -1.63. The highest BCUT2D eigenvalue weighted by molar-refractivity contribution is 9.09. The van der Waals surface area contributed by atoms with Gasteiger partial charge < -0.3 is 9.47 Å². The van der Waals surface area contributed by atoms with E-state index in [2.05, 4.69) is 15.9 Å². The Labute approximate surface area is 144 Å². The van der Waals surface area contributed by atoms with Crippen LogP contribution < -0.4 is 0 Å².